The van der Waals surface area contributed by atoms with Gasteiger partial charge in [0, 0.05) is 6.42 Å². The largest absolute Gasteiger partial charge is 0.463 e. The topological polar surface area (TPSA) is 105 Å². The lowest BCUT2D eigenvalue weighted by Crippen LogP contribution is -2.50. The Hall–Kier alpha value is -3.71. The van der Waals surface area contributed by atoms with Gasteiger partial charge in [-0.2, -0.15) is 0 Å². The molecule has 220 valence electrons. The van der Waals surface area contributed by atoms with Crippen LogP contribution in [-0.4, -0.2) is 47.7 Å². The van der Waals surface area contributed by atoms with Crippen LogP contribution in [0.1, 0.15) is 56.1 Å². The van der Waals surface area contributed by atoms with E-state index >= 15 is 0 Å². The minimum Gasteiger partial charge on any atom is -0.463 e. The number of nitrogens with one attached hydrogen (secondary N) is 2. The number of ether oxygens (including phenoxy) is 1. The number of esters is 1. The number of hydrogen-bond donors (Lipinski definition) is 3. The first-order valence-corrected chi connectivity index (χ1v) is 14.6. The van der Waals surface area contributed by atoms with E-state index in [1.165, 1.54) is 0 Å². The van der Waals surface area contributed by atoms with E-state index in [2.05, 4.69) is 23.8 Å². The summed E-state index contributed by atoms with van der Waals surface area (Å²) in [5.74, 6) is -1.91. The molecule has 2 amide bonds. The van der Waals surface area contributed by atoms with Crippen LogP contribution in [0.4, 0.5) is 0 Å². The van der Waals surface area contributed by atoms with Crippen molar-refractivity contribution in [3.05, 3.63) is 97.1 Å². The number of carbonyl (C=O) groups excluding carboxylic acids is 3. The summed E-state index contributed by atoms with van der Waals surface area (Å²) in [6, 6.07) is 19.0. The number of benzene rings is 2. The number of aliphatic hydroxyl groups is 1. The molecule has 2 aromatic carbocycles. The van der Waals surface area contributed by atoms with Crippen LogP contribution in [0, 0.1) is 11.8 Å². The van der Waals surface area contributed by atoms with E-state index in [0.717, 1.165) is 36.8 Å². The summed E-state index contributed by atoms with van der Waals surface area (Å²) >= 11 is 0. The second-order valence-electron chi connectivity index (χ2n) is 11.1. The monoisotopic (exact) mass is 560 g/mol. The molecule has 7 nitrogen and oxygen atoms in total. The third-order valence-electron chi connectivity index (χ3n) is 7.73. The summed E-state index contributed by atoms with van der Waals surface area (Å²) in [4.78, 5) is 39.5. The van der Waals surface area contributed by atoms with Gasteiger partial charge in [0.25, 0.3) is 0 Å². The Labute approximate surface area is 244 Å². The van der Waals surface area contributed by atoms with Crippen LogP contribution in [-0.2, 0) is 32.0 Å². The number of aliphatic hydroxyl groups excluding tert-OH is 1. The van der Waals surface area contributed by atoms with E-state index in [4.69, 9.17) is 4.74 Å². The van der Waals surface area contributed by atoms with Crippen LogP contribution in [0.25, 0.3) is 0 Å². The summed E-state index contributed by atoms with van der Waals surface area (Å²) in [5.41, 5.74) is 1.43. The SMILES string of the molecule is C=CC[C@H](CC(=O)NC1(CO)CCCC1)C(=O)N[C@H](COC(=O)[C@H](CC=C)Cc1ccccc1)Cc1ccccc1. The summed E-state index contributed by atoms with van der Waals surface area (Å²) in [6.07, 6.45) is 8.50. The quantitative estimate of drug-likeness (QED) is 0.192. The van der Waals surface area contributed by atoms with Gasteiger partial charge in [0.15, 0.2) is 0 Å². The molecular weight excluding hydrogens is 516 g/mol. The molecular formula is C34H44N2O5. The average molecular weight is 561 g/mol. The molecule has 1 aliphatic carbocycles. The third-order valence-corrected chi connectivity index (χ3v) is 7.73. The minimum atomic E-state index is -0.634. The highest BCUT2D eigenvalue weighted by atomic mass is 16.5. The summed E-state index contributed by atoms with van der Waals surface area (Å²) in [7, 11) is 0. The zero-order chi connectivity index (χ0) is 29.5. The van der Waals surface area contributed by atoms with Crippen molar-refractivity contribution in [1.82, 2.24) is 10.6 Å². The zero-order valence-corrected chi connectivity index (χ0v) is 23.9. The van der Waals surface area contributed by atoms with Gasteiger partial charge in [-0.3, -0.25) is 14.4 Å². The maximum Gasteiger partial charge on any atom is 0.309 e. The van der Waals surface area contributed by atoms with E-state index in [0.29, 0.717) is 25.7 Å². The molecule has 0 unspecified atom stereocenters. The first-order chi connectivity index (χ1) is 19.9. The molecule has 3 rings (SSSR count). The van der Waals surface area contributed by atoms with Gasteiger partial charge in [0.05, 0.1) is 30.0 Å². The van der Waals surface area contributed by atoms with Crippen molar-refractivity contribution in [2.24, 2.45) is 11.8 Å². The fourth-order valence-corrected chi connectivity index (χ4v) is 5.46. The molecule has 1 saturated carbocycles. The Morgan fingerprint density at radius 2 is 1.44 bits per heavy atom. The van der Waals surface area contributed by atoms with E-state index in [-0.39, 0.29) is 43.3 Å². The molecule has 0 heterocycles. The van der Waals surface area contributed by atoms with Crippen molar-refractivity contribution in [1.29, 1.82) is 0 Å². The van der Waals surface area contributed by atoms with Gasteiger partial charge in [-0.05, 0) is 49.7 Å². The molecule has 1 aliphatic rings. The van der Waals surface area contributed by atoms with Gasteiger partial charge >= 0.3 is 5.97 Å². The molecule has 2 aromatic rings. The Morgan fingerprint density at radius 3 is 2.00 bits per heavy atom. The second kappa shape index (κ2) is 16.5. The molecule has 0 aromatic heterocycles. The summed E-state index contributed by atoms with van der Waals surface area (Å²) < 4.78 is 5.77. The fourth-order valence-electron chi connectivity index (χ4n) is 5.46. The van der Waals surface area contributed by atoms with Crippen molar-refractivity contribution in [2.45, 2.75) is 69.4 Å². The maximum atomic E-state index is 13.4. The summed E-state index contributed by atoms with van der Waals surface area (Å²) in [6.45, 7) is 7.46. The lowest BCUT2D eigenvalue weighted by atomic mass is 9.95. The number of amides is 2. The van der Waals surface area contributed by atoms with Crippen LogP contribution in [0.2, 0.25) is 0 Å². The molecule has 41 heavy (non-hydrogen) atoms. The molecule has 1 fully saturated rings. The Morgan fingerprint density at radius 1 is 0.878 bits per heavy atom. The first kappa shape index (κ1) is 31.8. The zero-order valence-electron chi connectivity index (χ0n) is 23.9. The van der Waals surface area contributed by atoms with Crippen molar-refractivity contribution >= 4 is 17.8 Å². The number of hydrogen-bond acceptors (Lipinski definition) is 5. The van der Waals surface area contributed by atoms with Crippen molar-refractivity contribution in [2.75, 3.05) is 13.2 Å². The molecule has 0 radical (unpaired) electrons. The number of rotatable bonds is 17. The highest BCUT2D eigenvalue weighted by molar-refractivity contribution is 5.86. The van der Waals surface area contributed by atoms with Gasteiger partial charge < -0.3 is 20.5 Å². The number of allylic oxidation sites excluding steroid dienone is 2. The van der Waals surface area contributed by atoms with Crippen molar-refractivity contribution in [3.8, 4) is 0 Å². The highest BCUT2D eigenvalue weighted by Gasteiger charge is 2.35. The second-order valence-corrected chi connectivity index (χ2v) is 11.1. The average Bonchev–Trinajstić information content (AvgIpc) is 3.45. The van der Waals surface area contributed by atoms with Crippen LogP contribution in [0.15, 0.2) is 86.0 Å². The van der Waals surface area contributed by atoms with E-state index in [1.807, 2.05) is 60.7 Å². The standard InChI is InChI=1S/C34H44N2O5/c1-3-13-28(23-31(38)36-34(25-37)19-11-12-20-34)32(39)35-30(22-27-17-9-6-10-18-27)24-41-33(40)29(14-4-2)21-26-15-7-5-8-16-26/h3-10,15-18,28-30,37H,1-2,11-14,19-25H2,(H,35,39)(H,36,38)/t28-,29-,30+/m1/s1. The van der Waals surface area contributed by atoms with Crippen LogP contribution < -0.4 is 10.6 Å². The first-order valence-electron chi connectivity index (χ1n) is 14.6. The molecule has 0 spiro atoms. The Kier molecular flexibility index (Phi) is 12.8. The molecule has 0 aliphatic heterocycles. The molecule has 0 saturated heterocycles. The third kappa shape index (κ3) is 10.3. The smallest absolute Gasteiger partial charge is 0.309 e. The van der Waals surface area contributed by atoms with Crippen molar-refractivity contribution in [3.63, 3.8) is 0 Å². The van der Waals surface area contributed by atoms with Crippen molar-refractivity contribution < 1.29 is 24.2 Å². The highest BCUT2D eigenvalue weighted by Crippen LogP contribution is 2.29. The lowest BCUT2D eigenvalue weighted by Gasteiger charge is -2.29. The predicted octanol–water partition coefficient (Wildman–Crippen LogP) is 4.70. The Balaban J connectivity index is 1.67. The van der Waals surface area contributed by atoms with Gasteiger partial charge in [-0.25, -0.2) is 0 Å². The van der Waals surface area contributed by atoms with E-state index < -0.39 is 17.5 Å². The molecule has 3 N–H and O–H groups in total. The predicted molar refractivity (Wildman–Crippen MR) is 161 cm³/mol. The Bertz CT molecular complexity index is 1130. The normalized spacial score (nSPS) is 16.1. The van der Waals surface area contributed by atoms with Gasteiger partial charge in [-0.15, -0.1) is 13.2 Å². The maximum absolute atomic E-state index is 13.4. The fraction of sp³-hybridized carbons (Fsp3) is 0.441. The minimum absolute atomic E-state index is 0.00251. The molecule has 7 heteroatoms. The number of carbonyl (C=O) groups is 3. The van der Waals surface area contributed by atoms with E-state index in [9.17, 15) is 19.5 Å². The summed E-state index contributed by atoms with van der Waals surface area (Å²) in [5, 5.41) is 15.9. The molecule has 3 atom stereocenters. The van der Waals surface area contributed by atoms with E-state index in [1.54, 1.807) is 12.2 Å². The van der Waals surface area contributed by atoms with Crippen LogP contribution in [0.5, 0.6) is 0 Å². The molecule has 0 bridgehead atoms. The van der Waals surface area contributed by atoms with Crippen LogP contribution in [0.3, 0.4) is 0 Å². The lowest BCUT2D eigenvalue weighted by molar-refractivity contribution is -0.149. The van der Waals surface area contributed by atoms with Gasteiger partial charge in [0.1, 0.15) is 6.61 Å². The van der Waals surface area contributed by atoms with Gasteiger partial charge in [-0.1, -0.05) is 85.7 Å². The van der Waals surface area contributed by atoms with Crippen LogP contribution >= 0.6 is 0 Å². The van der Waals surface area contributed by atoms with Gasteiger partial charge in [0.2, 0.25) is 11.8 Å².